The number of aromatic amines is 1. The van der Waals surface area contributed by atoms with E-state index in [0.717, 1.165) is 24.2 Å². The van der Waals surface area contributed by atoms with Gasteiger partial charge in [0.1, 0.15) is 4.83 Å². The van der Waals surface area contributed by atoms with Gasteiger partial charge in [-0.05, 0) is 18.9 Å². The summed E-state index contributed by atoms with van der Waals surface area (Å²) < 4.78 is 0. The average molecular weight is 237 g/mol. The fourth-order valence-electron chi connectivity index (χ4n) is 1.48. The van der Waals surface area contributed by atoms with Gasteiger partial charge in [0.2, 0.25) is 5.95 Å². The van der Waals surface area contributed by atoms with E-state index < -0.39 is 0 Å². The first-order valence-electron chi connectivity index (χ1n) is 5.51. The maximum absolute atomic E-state index is 11.8. The molecule has 0 fully saturated rings. The Bertz CT molecular complexity index is 544. The van der Waals surface area contributed by atoms with Gasteiger partial charge < -0.3 is 5.32 Å². The molecule has 0 aliphatic rings. The Labute approximate surface area is 97.7 Å². The molecular formula is C11H15N3OS. The number of aromatic nitrogens is 2. The Morgan fingerprint density at radius 1 is 1.50 bits per heavy atom. The number of H-pyrrole nitrogens is 1. The summed E-state index contributed by atoms with van der Waals surface area (Å²) in [6, 6.07) is 1.93. The number of nitrogens with one attached hydrogen (secondary N) is 2. The van der Waals surface area contributed by atoms with Crippen LogP contribution in [0.4, 0.5) is 5.95 Å². The molecule has 2 rings (SSSR count). The summed E-state index contributed by atoms with van der Waals surface area (Å²) in [6.45, 7) is 4.97. The number of thiophene rings is 1. The average Bonchev–Trinajstić information content (AvgIpc) is 2.70. The molecule has 4 nitrogen and oxygen atoms in total. The van der Waals surface area contributed by atoms with Gasteiger partial charge in [-0.3, -0.25) is 9.78 Å². The van der Waals surface area contributed by atoms with Gasteiger partial charge in [0.25, 0.3) is 5.56 Å². The molecule has 0 aliphatic heterocycles. The maximum atomic E-state index is 11.8. The Balaban J connectivity index is 2.45. The minimum Gasteiger partial charge on any atom is -0.356 e. The van der Waals surface area contributed by atoms with E-state index in [9.17, 15) is 4.79 Å². The van der Waals surface area contributed by atoms with Crippen molar-refractivity contribution in [1.82, 2.24) is 9.97 Å². The minimum atomic E-state index is -0.0560. The van der Waals surface area contributed by atoms with E-state index in [4.69, 9.17) is 0 Å². The molecule has 0 aromatic carbocycles. The Hall–Kier alpha value is -1.36. The van der Waals surface area contributed by atoms with E-state index in [0.29, 0.717) is 11.3 Å². The monoisotopic (exact) mass is 237 g/mol. The summed E-state index contributed by atoms with van der Waals surface area (Å²) in [5, 5.41) is 3.79. The van der Waals surface area contributed by atoms with E-state index in [-0.39, 0.29) is 5.56 Å². The van der Waals surface area contributed by atoms with Crippen molar-refractivity contribution < 1.29 is 0 Å². The summed E-state index contributed by atoms with van der Waals surface area (Å²) in [6.07, 6.45) is 1.95. The molecule has 16 heavy (non-hydrogen) atoms. The second kappa shape index (κ2) is 4.65. The molecule has 0 radical (unpaired) electrons. The molecule has 2 aromatic heterocycles. The Morgan fingerprint density at radius 3 is 3.00 bits per heavy atom. The SMILES string of the molecule is CCCNc1nc2sc(CC)cc2c(=O)[nH]1. The van der Waals surface area contributed by atoms with E-state index in [2.05, 4.69) is 29.1 Å². The molecular weight excluding hydrogens is 222 g/mol. The number of anilines is 1. The fraction of sp³-hybridized carbons (Fsp3) is 0.455. The fourth-order valence-corrected chi connectivity index (χ4v) is 2.45. The Kier molecular flexibility index (Phi) is 3.24. The molecule has 0 saturated heterocycles. The van der Waals surface area contributed by atoms with Crippen molar-refractivity contribution in [2.75, 3.05) is 11.9 Å². The smallest absolute Gasteiger partial charge is 0.261 e. The zero-order valence-electron chi connectivity index (χ0n) is 9.46. The maximum Gasteiger partial charge on any atom is 0.261 e. The standard InChI is InChI=1S/C11H15N3OS/c1-3-5-12-11-13-9(15)8-6-7(4-2)16-10(8)14-11/h6H,3-5H2,1-2H3,(H2,12,13,14,15). The van der Waals surface area contributed by atoms with E-state index in [1.165, 1.54) is 4.88 Å². The molecule has 0 amide bonds. The van der Waals surface area contributed by atoms with Crippen LogP contribution in [0.2, 0.25) is 0 Å². The first-order chi connectivity index (χ1) is 7.74. The quantitative estimate of drug-likeness (QED) is 0.858. The first-order valence-corrected chi connectivity index (χ1v) is 6.32. The molecule has 0 saturated carbocycles. The van der Waals surface area contributed by atoms with Crippen LogP contribution in [-0.2, 0) is 6.42 Å². The molecule has 2 heterocycles. The highest BCUT2D eigenvalue weighted by Gasteiger charge is 2.07. The number of nitrogens with zero attached hydrogens (tertiary/aromatic N) is 1. The van der Waals surface area contributed by atoms with Crippen LogP contribution in [0.1, 0.15) is 25.1 Å². The number of aryl methyl sites for hydroxylation is 1. The molecule has 0 unspecified atom stereocenters. The zero-order chi connectivity index (χ0) is 11.5. The van der Waals surface area contributed by atoms with Crippen LogP contribution in [0.3, 0.4) is 0 Å². The lowest BCUT2D eigenvalue weighted by Crippen LogP contribution is -2.12. The summed E-state index contributed by atoms with van der Waals surface area (Å²) in [7, 11) is 0. The van der Waals surface area contributed by atoms with Crippen LogP contribution in [0.25, 0.3) is 10.2 Å². The highest BCUT2D eigenvalue weighted by Crippen LogP contribution is 2.21. The van der Waals surface area contributed by atoms with Crippen LogP contribution >= 0.6 is 11.3 Å². The van der Waals surface area contributed by atoms with E-state index >= 15 is 0 Å². The van der Waals surface area contributed by atoms with Gasteiger partial charge >= 0.3 is 0 Å². The lowest BCUT2D eigenvalue weighted by Gasteiger charge is -2.01. The Morgan fingerprint density at radius 2 is 2.31 bits per heavy atom. The van der Waals surface area contributed by atoms with Crippen molar-refractivity contribution in [1.29, 1.82) is 0 Å². The summed E-state index contributed by atoms with van der Waals surface area (Å²) >= 11 is 1.59. The lowest BCUT2D eigenvalue weighted by atomic mass is 10.3. The molecule has 0 aliphatic carbocycles. The highest BCUT2D eigenvalue weighted by molar-refractivity contribution is 7.18. The van der Waals surface area contributed by atoms with Crippen molar-refractivity contribution in [3.63, 3.8) is 0 Å². The molecule has 0 spiro atoms. The van der Waals surface area contributed by atoms with Gasteiger partial charge in [-0.1, -0.05) is 13.8 Å². The van der Waals surface area contributed by atoms with Crippen molar-refractivity contribution >= 4 is 27.5 Å². The van der Waals surface area contributed by atoms with Crippen LogP contribution in [-0.4, -0.2) is 16.5 Å². The van der Waals surface area contributed by atoms with Gasteiger partial charge in [0.05, 0.1) is 5.39 Å². The van der Waals surface area contributed by atoms with Crippen molar-refractivity contribution in [3.8, 4) is 0 Å². The predicted octanol–water partition coefficient (Wildman–Crippen LogP) is 2.37. The molecule has 0 atom stereocenters. The van der Waals surface area contributed by atoms with Gasteiger partial charge in [-0.15, -0.1) is 11.3 Å². The number of hydrogen-bond donors (Lipinski definition) is 2. The third kappa shape index (κ3) is 2.09. The second-order valence-corrected chi connectivity index (χ2v) is 4.74. The molecule has 2 N–H and O–H groups in total. The van der Waals surface area contributed by atoms with Crippen LogP contribution in [0.15, 0.2) is 10.9 Å². The lowest BCUT2D eigenvalue weighted by molar-refractivity contribution is 0.954. The van der Waals surface area contributed by atoms with Gasteiger partial charge in [0, 0.05) is 11.4 Å². The minimum absolute atomic E-state index is 0.0560. The predicted molar refractivity (Wildman–Crippen MR) is 68.4 cm³/mol. The van der Waals surface area contributed by atoms with Crippen LogP contribution in [0, 0.1) is 0 Å². The number of rotatable bonds is 4. The highest BCUT2D eigenvalue weighted by atomic mass is 32.1. The number of fused-ring (bicyclic) bond motifs is 1. The normalized spacial score (nSPS) is 10.9. The summed E-state index contributed by atoms with van der Waals surface area (Å²) in [4.78, 5) is 20.9. The van der Waals surface area contributed by atoms with Crippen LogP contribution < -0.4 is 10.9 Å². The third-order valence-electron chi connectivity index (χ3n) is 2.34. The van der Waals surface area contributed by atoms with Crippen LogP contribution in [0.5, 0.6) is 0 Å². The zero-order valence-corrected chi connectivity index (χ0v) is 10.3. The van der Waals surface area contributed by atoms with Crippen molar-refractivity contribution in [3.05, 3.63) is 21.3 Å². The molecule has 5 heteroatoms. The van der Waals surface area contributed by atoms with Crippen molar-refractivity contribution in [2.24, 2.45) is 0 Å². The van der Waals surface area contributed by atoms with Gasteiger partial charge in [-0.25, -0.2) is 4.98 Å². The summed E-state index contributed by atoms with van der Waals surface area (Å²) in [5.41, 5.74) is -0.0560. The number of hydrogen-bond acceptors (Lipinski definition) is 4. The first kappa shape index (κ1) is 11.1. The molecule has 0 bridgehead atoms. The third-order valence-corrected chi connectivity index (χ3v) is 3.52. The summed E-state index contributed by atoms with van der Waals surface area (Å²) in [5.74, 6) is 0.573. The largest absolute Gasteiger partial charge is 0.356 e. The van der Waals surface area contributed by atoms with Gasteiger partial charge in [-0.2, -0.15) is 0 Å². The van der Waals surface area contributed by atoms with E-state index in [1.807, 2.05) is 6.07 Å². The second-order valence-electron chi connectivity index (χ2n) is 3.63. The molecule has 2 aromatic rings. The van der Waals surface area contributed by atoms with E-state index in [1.54, 1.807) is 11.3 Å². The molecule has 86 valence electrons. The topological polar surface area (TPSA) is 57.8 Å². The van der Waals surface area contributed by atoms with Gasteiger partial charge in [0.15, 0.2) is 0 Å². The van der Waals surface area contributed by atoms with Crippen molar-refractivity contribution in [2.45, 2.75) is 26.7 Å².